The van der Waals surface area contributed by atoms with Crippen LogP contribution in [0.1, 0.15) is 17.4 Å². The molecule has 1 aliphatic rings. The molecule has 0 spiro atoms. The molecule has 0 radical (unpaired) electrons. The first-order valence-corrected chi connectivity index (χ1v) is 7.74. The number of hydrogen-bond donors (Lipinski definition) is 1. The molecule has 3 amide bonds. The van der Waals surface area contributed by atoms with Crippen molar-refractivity contribution >= 4 is 34.9 Å². The Morgan fingerprint density at radius 1 is 1.23 bits per heavy atom. The highest BCUT2D eigenvalue weighted by atomic mass is 35.5. The molecule has 1 aromatic heterocycles. The molecule has 1 atom stereocenters. The van der Waals surface area contributed by atoms with Gasteiger partial charge in [-0.15, -0.1) is 11.3 Å². The number of nitrogens with one attached hydrogen (secondary N) is 1. The summed E-state index contributed by atoms with van der Waals surface area (Å²) in [5.74, 6) is -0.761. The average Bonchev–Trinajstić information content (AvgIpc) is 2.97. The van der Waals surface area contributed by atoms with Crippen LogP contribution in [0.2, 0.25) is 4.34 Å². The Bertz CT molecular complexity index is 746. The van der Waals surface area contributed by atoms with Crippen LogP contribution in [-0.2, 0) is 16.9 Å². The first-order chi connectivity index (χ1) is 10.4. The number of urea groups is 1. The lowest BCUT2D eigenvalue weighted by Gasteiger charge is -2.22. The van der Waals surface area contributed by atoms with Crippen LogP contribution in [0.25, 0.3) is 0 Å². The molecule has 2 aromatic rings. The molecule has 1 N–H and O–H groups in total. The number of carbonyl (C=O) groups excluding carboxylic acids is 2. The fourth-order valence-corrected chi connectivity index (χ4v) is 3.49. The Morgan fingerprint density at radius 3 is 2.50 bits per heavy atom. The van der Waals surface area contributed by atoms with Crippen molar-refractivity contribution in [1.29, 1.82) is 0 Å². The summed E-state index contributed by atoms with van der Waals surface area (Å²) in [5, 5.41) is 2.68. The highest BCUT2D eigenvalue weighted by Crippen LogP contribution is 2.31. The first-order valence-electron chi connectivity index (χ1n) is 6.54. The zero-order valence-corrected chi connectivity index (χ0v) is 13.2. The highest BCUT2D eigenvalue weighted by Gasteiger charge is 2.48. The third-order valence-electron chi connectivity index (χ3n) is 3.64. The van der Waals surface area contributed by atoms with E-state index in [1.165, 1.54) is 35.6 Å². The van der Waals surface area contributed by atoms with Gasteiger partial charge in [0, 0.05) is 4.88 Å². The van der Waals surface area contributed by atoms with Crippen LogP contribution in [0.5, 0.6) is 0 Å². The summed E-state index contributed by atoms with van der Waals surface area (Å²) in [5.41, 5.74) is -0.648. The number of benzene rings is 1. The number of hydrogen-bond acceptors (Lipinski definition) is 3. The Morgan fingerprint density at radius 2 is 1.91 bits per heavy atom. The summed E-state index contributed by atoms with van der Waals surface area (Å²) < 4.78 is 13.6. The molecule has 0 saturated carbocycles. The molecule has 3 rings (SSSR count). The van der Waals surface area contributed by atoms with Crippen molar-refractivity contribution in [3.63, 3.8) is 0 Å². The second-order valence-corrected chi connectivity index (χ2v) is 6.96. The normalized spacial score (nSPS) is 21.3. The second kappa shape index (κ2) is 5.37. The molecule has 1 fully saturated rings. The highest BCUT2D eigenvalue weighted by molar-refractivity contribution is 7.16. The van der Waals surface area contributed by atoms with Crippen molar-refractivity contribution < 1.29 is 14.0 Å². The molecule has 4 nitrogen and oxygen atoms in total. The van der Waals surface area contributed by atoms with Crippen LogP contribution in [0.4, 0.5) is 9.18 Å². The number of thiophene rings is 1. The number of halogens is 2. The van der Waals surface area contributed by atoms with E-state index in [9.17, 15) is 14.0 Å². The van der Waals surface area contributed by atoms with Gasteiger partial charge in [-0.25, -0.2) is 9.18 Å². The van der Waals surface area contributed by atoms with E-state index in [4.69, 9.17) is 11.6 Å². The number of nitrogens with zero attached hydrogens (tertiary/aromatic N) is 1. The number of imide groups is 1. The van der Waals surface area contributed by atoms with Crippen LogP contribution in [-0.4, -0.2) is 16.8 Å². The quantitative estimate of drug-likeness (QED) is 0.871. The van der Waals surface area contributed by atoms with Gasteiger partial charge in [0.25, 0.3) is 5.91 Å². The maximum atomic E-state index is 13.0. The van der Waals surface area contributed by atoms with E-state index in [0.29, 0.717) is 9.90 Å². The van der Waals surface area contributed by atoms with E-state index in [-0.39, 0.29) is 12.5 Å². The van der Waals surface area contributed by atoms with Gasteiger partial charge in [0.05, 0.1) is 10.9 Å². The summed E-state index contributed by atoms with van der Waals surface area (Å²) in [6, 6.07) is 8.56. The fourth-order valence-electron chi connectivity index (χ4n) is 2.41. The molecule has 22 heavy (non-hydrogen) atoms. The number of amides is 3. The Kier molecular flexibility index (Phi) is 3.66. The molecular formula is C15H12ClFN2O2S. The molecule has 7 heteroatoms. The maximum Gasteiger partial charge on any atom is 0.325 e. The molecular weight excluding hydrogens is 327 g/mol. The number of carbonyl (C=O) groups is 2. The van der Waals surface area contributed by atoms with E-state index < -0.39 is 17.4 Å². The fraction of sp³-hybridized carbons (Fsp3) is 0.200. The van der Waals surface area contributed by atoms with Gasteiger partial charge in [0.2, 0.25) is 0 Å². The van der Waals surface area contributed by atoms with Gasteiger partial charge in [-0.05, 0) is 36.8 Å². The zero-order chi connectivity index (χ0) is 15.9. The van der Waals surface area contributed by atoms with Gasteiger partial charge in [0.1, 0.15) is 11.4 Å². The zero-order valence-electron chi connectivity index (χ0n) is 11.6. The number of rotatable bonds is 3. The standard InChI is InChI=1S/C15H12ClFN2O2S/c1-15(9-2-4-10(17)5-3-9)13(20)19(14(21)18-15)8-11-6-7-12(16)22-11/h2-7H,8H2,1H3,(H,18,21). The monoisotopic (exact) mass is 338 g/mol. The SMILES string of the molecule is CC1(c2ccc(F)cc2)NC(=O)N(Cc2ccc(Cl)s2)C1=O. The Hall–Kier alpha value is -1.92. The van der Waals surface area contributed by atoms with Gasteiger partial charge < -0.3 is 5.32 Å². The van der Waals surface area contributed by atoms with Gasteiger partial charge in [-0.1, -0.05) is 23.7 Å². The summed E-state index contributed by atoms with van der Waals surface area (Å²) >= 11 is 7.18. The lowest BCUT2D eigenvalue weighted by atomic mass is 9.92. The summed E-state index contributed by atoms with van der Waals surface area (Å²) in [7, 11) is 0. The third-order valence-corrected chi connectivity index (χ3v) is 4.86. The van der Waals surface area contributed by atoms with Crippen LogP contribution in [0.15, 0.2) is 36.4 Å². The molecule has 1 aliphatic heterocycles. The van der Waals surface area contributed by atoms with E-state index in [1.807, 2.05) is 0 Å². The predicted molar refractivity (Wildman–Crippen MR) is 82.2 cm³/mol. The predicted octanol–water partition coefficient (Wildman–Crippen LogP) is 3.51. The molecule has 1 aromatic carbocycles. The average molecular weight is 339 g/mol. The first kappa shape index (κ1) is 15.0. The Labute approximate surface area is 135 Å². The summed E-state index contributed by atoms with van der Waals surface area (Å²) in [6.07, 6.45) is 0. The lowest BCUT2D eigenvalue weighted by Crippen LogP contribution is -2.40. The molecule has 114 valence electrons. The third kappa shape index (κ3) is 2.48. The van der Waals surface area contributed by atoms with Gasteiger partial charge in [-0.2, -0.15) is 0 Å². The molecule has 1 saturated heterocycles. The van der Waals surface area contributed by atoms with Crippen molar-refractivity contribution in [1.82, 2.24) is 10.2 Å². The summed E-state index contributed by atoms with van der Waals surface area (Å²) in [6.45, 7) is 1.78. The lowest BCUT2D eigenvalue weighted by molar-refractivity contribution is -0.131. The van der Waals surface area contributed by atoms with Crippen LogP contribution in [0.3, 0.4) is 0 Å². The van der Waals surface area contributed by atoms with E-state index in [1.54, 1.807) is 19.1 Å². The van der Waals surface area contributed by atoms with Crippen molar-refractivity contribution in [3.05, 3.63) is 57.0 Å². The largest absolute Gasteiger partial charge is 0.325 e. The molecule has 1 unspecified atom stereocenters. The van der Waals surface area contributed by atoms with Crippen molar-refractivity contribution in [2.24, 2.45) is 0 Å². The van der Waals surface area contributed by atoms with Gasteiger partial charge >= 0.3 is 6.03 Å². The molecule has 0 aliphatic carbocycles. The van der Waals surface area contributed by atoms with Crippen LogP contribution < -0.4 is 5.32 Å². The van der Waals surface area contributed by atoms with E-state index >= 15 is 0 Å². The minimum atomic E-state index is -1.19. The van der Waals surface area contributed by atoms with Crippen LogP contribution >= 0.6 is 22.9 Å². The van der Waals surface area contributed by atoms with Crippen molar-refractivity contribution in [3.8, 4) is 0 Å². The van der Waals surface area contributed by atoms with Crippen LogP contribution in [0, 0.1) is 5.82 Å². The minimum absolute atomic E-state index is 0.166. The van der Waals surface area contributed by atoms with E-state index in [0.717, 1.165) is 9.78 Å². The van der Waals surface area contributed by atoms with Gasteiger partial charge in [0.15, 0.2) is 0 Å². The van der Waals surface area contributed by atoms with Crippen molar-refractivity contribution in [2.75, 3.05) is 0 Å². The smallest absolute Gasteiger partial charge is 0.319 e. The topological polar surface area (TPSA) is 49.4 Å². The molecule has 0 bridgehead atoms. The minimum Gasteiger partial charge on any atom is -0.319 e. The van der Waals surface area contributed by atoms with Crippen molar-refractivity contribution in [2.45, 2.75) is 19.0 Å². The van der Waals surface area contributed by atoms with Gasteiger partial charge in [-0.3, -0.25) is 9.69 Å². The van der Waals surface area contributed by atoms with E-state index in [2.05, 4.69) is 5.32 Å². The molecule has 2 heterocycles. The second-order valence-electron chi connectivity index (χ2n) is 5.16. The summed E-state index contributed by atoms with van der Waals surface area (Å²) in [4.78, 5) is 26.8. The Balaban J connectivity index is 1.88. The maximum absolute atomic E-state index is 13.0.